The molecular weight excluding hydrogens is 406 g/mol. The van der Waals surface area contributed by atoms with E-state index in [4.69, 9.17) is 5.11 Å². The van der Waals surface area contributed by atoms with E-state index < -0.39 is 5.97 Å². The van der Waals surface area contributed by atoms with Gasteiger partial charge in [-0.2, -0.15) is 0 Å². The average Bonchev–Trinajstić information content (AvgIpc) is 2.78. The predicted octanol–water partition coefficient (Wildman–Crippen LogP) is 6.22. The molecule has 0 unspecified atom stereocenters. The van der Waals surface area contributed by atoms with Crippen LogP contribution in [0.2, 0.25) is 0 Å². The minimum atomic E-state index is -1.15. The molecule has 0 atom stereocenters. The number of unbranched alkanes of at least 4 members (excludes halogenated alkanes) is 14. The van der Waals surface area contributed by atoms with E-state index in [0.29, 0.717) is 18.5 Å². The molecule has 2 N–H and O–H groups in total. The van der Waals surface area contributed by atoms with Crippen molar-refractivity contribution < 1.29 is 24.3 Å². The summed E-state index contributed by atoms with van der Waals surface area (Å²) in [5.41, 5.74) is 0.365. The van der Waals surface area contributed by atoms with Crippen LogP contribution in [0.25, 0.3) is 0 Å². The van der Waals surface area contributed by atoms with E-state index in [0.717, 1.165) is 32.0 Å². The van der Waals surface area contributed by atoms with Gasteiger partial charge in [-0.15, -0.1) is 0 Å². The lowest BCUT2D eigenvalue weighted by molar-refractivity contribution is -0.116. The second-order valence-electron chi connectivity index (χ2n) is 8.41. The molecule has 1 radical (unpaired) electrons. The highest BCUT2D eigenvalue weighted by Crippen LogP contribution is 2.16. The number of carboxylic acids is 1. The summed E-state index contributed by atoms with van der Waals surface area (Å²) in [7, 11) is 0. The van der Waals surface area contributed by atoms with Crippen molar-refractivity contribution in [2.45, 2.75) is 103 Å². The average molecular weight is 445 g/mol. The molecule has 0 saturated carbocycles. The largest absolute Gasteiger partial charge is 0.478 e. The minimum Gasteiger partial charge on any atom is -0.478 e. The molecule has 0 aliphatic carbocycles. The van der Waals surface area contributed by atoms with Crippen molar-refractivity contribution in [2.24, 2.45) is 0 Å². The van der Waals surface area contributed by atoms with Gasteiger partial charge in [0.1, 0.15) is 6.29 Å². The number of carbonyl (C=O) groups is 3. The van der Waals surface area contributed by atoms with Gasteiger partial charge in [0.25, 0.3) is 0 Å². The fourth-order valence-electron chi connectivity index (χ4n) is 3.74. The van der Waals surface area contributed by atoms with Gasteiger partial charge in [0, 0.05) is 24.1 Å². The highest BCUT2D eigenvalue weighted by atomic mass is 16.4. The molecule has 0 aromatic heterocycles. The maximum atomic E-state index is 12.1. The van der Waals surface area contributed by atoms with Crippen LogP contribution in [0.15, 0.2) is 18.2 Å². The molecule has 0 spiro atoms. The summed E-state index contributed by atoms with van der Waals surface area (Å²) in [6, 6.07) is 4.00. The number of nitrogens with one attached hydrogen (secondary N) is 1. The van der Waals surface area contributed by atoms with Crippen LogP contribution < -0.4 is 5.32 Å². The molecule has 0 fully saturated rings. The molecule has 0 aliphatic heterocycles. The lowest BCUT2D eigenvalue weighted by atomic mass is 10.0. The highest BCUT2D eigenvalue weighted by Gasteiger charge is 2.09. The van der Waals surface area contributed by atoms with Crippen molar-refractivity contribution in [3.8, 4) is 0 Å². The molecule has 0 saturated heterocycles. The van der Waals surface area contributed by atoms with E-state index in [1.54, 1.807) is 6.29 Å². The van der Waals surface area contributed by atoms with Crippen LogP contribution in [0, 0.1) is 0 Å². The Balaban J connectivity index is 1.99. The molecule has 1 rings (SSSR count). The number of carboxylic acid groups (broad SMARTS) is 1. The third kappa shape index (κ3) is 13.7. The summed E-state index contributed by atoms with van der Waals surface area (Å²) < 4.78 is 0. The number of anilines is 1. The van der Waals surface area contributed by atoms with Crippen LogP contribution in [0.4, 0.5) is 5.69 Å². The van der Waals surface area contributed by atoms with Crippen molar-refractivity contribution in [3.63, 3.8) is 0 Å². The van der Waals surface area contributed by atoms with Crippen molar-refractivity contribution in [1.82, 2.24) is 0 Å². The molecule has 0 heterocycles. The molecule has 177 valence electrons. The first kappa shape index (κ1) is 27.5. The molecule has 32 heavy (non-hydrogen) atoms. The van der Waals surface area contributed by atoms with Gasteiger partial charge in [-0.25, -0.2) is 4.79 Å². The van der Waals surface area contributed by atoms with E-state index in [9.17, 15) is 19.2 Å². The smallest absolute Gasteiger partial charge is 0.335 e. The van der Waals surface area contributed by atoms with E-state index in [1.165, 1.54) is 82.4 Å². The van der Waals surface area contributed by atoms with Crippen LogP contribution in [0.1, 0.15) is 119 Å². The van der Waals surface area contributed by atoms with Crippen LogP contribution in [-0.2, 0) is 14.4 Å². The zero-order valence-electron chi connectivity index (χ0n) is 19.2. The highest BCUT2D eigenvalue weighted by molar-refractivity contribution is 5.96. The maximum Gasteiger partial charge on any atom is 0.335 e. The molecule has 6 heteroatoms. The number of benzene rings is 1. The number of hydrogen-bond acceptors (Lipinski definition) is 4. The number of amides is 1. The molecule has 0 aliphatic rings. The summed E-state index contributed by atoms with van der Waals surface area (Å²) in [4.78, 5) is 44.2. The Hall–Kier alpha value is -2.50. The third-order valence-corrected chi connectivity index (χ3v) is 5.56. The lowest BCUT2D eigenvalue weighted by Gasteiger charge is -2.07. The van der Waals surface area contributed by atoms with Gasteiger partial charge in [-0.05, 0) is 31.0 Å². The normalized spacial score (nSPS) is 10.6. The van der Waals surface area contributed by atoms with Crippen LogP contribution in [0.5, 0.6) is 0 Å². The standard InChI is InChI=1S/C26H38NO5/c28-17-15-13-11-9-7-5-3-1-2-4-6-8-10-12-14-16-25(30)27-24-19-22(21-29)18-23(20-24)26(31)32/h17-20H,1-16H2,(H,27,30)(H,31,32). The van der Waals surface area contributed by atoms with E-state index in [-0.39, 0.29) is 17.0 Å². The Morgan fingerprint density at radius 3 is 1.75 bits per heavy atom. The van der Waals surface area contributed by atoms with Gasteiger partial charge in [0.15, 0.2) is 0 Å². The van der Waals surface area contributed by atoms with Crippen molar-refractivity contribution in [1.29, 1.82) is 0 Å². The zero-order valence-corrected chi connectivity index (χ0v) is 19.2. The van der Waals surface area contributed by atoms with Gasteiger partial charge in [0.05, 0.1) is 5.56 Å². The predicted molar refractivity (Wildman–Crippen MR) is 127 cm³/mol. The maximum absolute atomic E-state index is 12.1. The fourth-order valence-corrected chi connectivity index (χ4v) is 3.74. The van der Waals surface area contributed by atoms with Crippen molar-refractivity contribution in [2.75, 3.05) is 5.32 Å². The summed E-state index contributed by atoms with van der Waals surface area (Å²) in [6.45, 7) is 0. The molecule has 1 aromatic carbocycles. The summed E-state index contributed by atoms with van der Waals surface area (Å²) >= 11 is 0. The number of aldehydes is 1. The number of hydrogen-bond donors (Lipinski definition) is 2. The number of carbonyl (C=O) groups excluding carboxylic acids is 3. The SMILES string of the molecule is O=[C]c1cc(NC(=O)CCCCCCCCCCCCCCCCC=O)cc(C(=O)O)c1. The van der Waals surface area contributed by atoms with E-state index in [1.807, 2.05) is 0 Å². The first-order chi connectivity index (χ1) is 15.6. The minimum absolute atomic E-state index is 0.0489. The summed E-state index contributed by atoms with van der Waals surface area (Å²) in [6.07, 6.45) is 20.3. The monoisotopic (exact) mass is 444 g/mol. The van der Waals surface area contributed by atoms with Crippen LogP contribution in [0.3, 0.4) is 0 Å². The van der Waals surface area contributed by atoms with Crippen LogP contribution in [-0.4, -0.2) is 29.6 Å². The van der Waals surface area contributed by atoms with Gasteiger partial charge in [0.2, 0.25) is 12.2 Å². The second kappa shape index (κ2) is 18.1. The second-order valence-corrected chi connectivity index (χ2v) is 8.41. The Kier molecular flexibility index (Phi) is 15.6. The Bertz CT molecular complexity index is 701. The van der Waals surface area contributed by atoms with Gasteiger partial charge in [-0.3, -0.25) is 9.59 Å². The lowest BCUT2D eigenvalue weighted by Crippen LogP contribution is -2.12. The first-order valence-corrected chi connectivity index (χ1v) is 12.1. The van der Waals surface area contributed by atoms with Gasteiger partial charge in [-0.1, -0.05) is 77.0 Å². The number of aromatic carboxylic acids is 1. The van der Waals surface area contributed by atoms with Gasteiger partial charge < -0.3 is 15.2 Å². The van der Waals surface area contributed by atoms with Crippen LogP contribution >= 0.6 is 0 Å². The molecule has 1 amide bonds. The topological polar surface area (TPSA) is 101 Å². The zero-order chi connectivity index (χ0) is 23.4. The molecule has 0 bridgehead atoms. The third-order valence-electron chi connectivity index (χ3n) is 5.56. The molecule has 1 aromatic rings. The molecular formula is C26H38NO5. The Morgan fingerprint density at radius 2 is 1.28 bits per heavy atom. The van der Waals surface area contributed by atoms with Crippen molar-refractivity contribution in [3.05, 3.63) is 29.3 Å². The molecule has 6 nitrogen and oxygen atoms in total. The van der Waals surface area contributed by atoms with Gasteiger partial charge >= 0.3 is 5.97 Å². The fraction of sp³-hybridized carbons (Fsp3) is 0.615. The Morgan fingerprint density at radius 1 is 0.781 bits per heavy atom. The Labute approximate surface area is 192 Å². The van der Waals surface area contributed by atoms with Crippen molar-refractivity contribution >= 4 is 30.1 Å². The number of rotatable bonds is 20. The summed E-state index contributed by atoms with van der Waals surface area (Å²) in [5.74, 6) is -1.33. The summed E-state index contributed by atoms with van der Waals surface area (Å²) in [5, 5.41) is 11.7. The first-order valence-electron chi connectivity index (χ1n) is 12.1. The van der Waals surface area contributed by atoms with E-state index >= 15 is 0 Å². The van der Waals surface area contributed by atoms with E-state index in [2.05, 4.69) is 5.32 Å². The quantitative estimate of drug-likeness (QED) is 0.184.